The van der Waals surface area contributed by atoms with Crippen LogP contribution in [-0.2, 0) is 4.79 Å². The summed E-state index contributed by atoms with van der Waals surface area (Å²) in [5, 5.41) is 15.0. The van der Waals surface area contributed by atoms with Gasteiger partial charge in [0, 0.05) is 13.1 Å². The van der Waals surface area contributed by atoms with Gasteiger partial charge in [-0.05, 0) is 31.7 Å². The molecule has 0 aromatic heterocycles. The van der Waals surface area contributed by atoms with Crippen LogP contribution in [0.2, 0.25) is 0 Å². The van der Waals surface area contributed by atoms with E-state index in [0.29, 0.717) is 12.8 Å². The highest BCUT2D eigenvalue weighted by Gasteiger charge is 2.47. The second kappa shape index (κ2) is 4.88. The number of anilines is 1. The van der Waals surface area contributed by atoms with E-state index >= 15 is 0 Å². The smallest absolute Gasteiger partial charge is 0.243 e. The Morgan fingerprint density at radius 2 is 2.05 bits per heavy atom. The van der Waals surface area contributed by atoms with Crippen molar-refractivity contribution in [2.45, 2.75) is 24.7 Å². The third-order valence-corrected chi connectivity index (χ3v) is 4.13. The van der Waals surface area contributed by atoms with Gasteiger partial charge in [-0.2, -0.15) is 0 Å². The zero-order chi connectivity index (χ0) is 14.2. The maximum absolute atomic E-state index is 11.9. The first-order chi connectivity index (χ1) is 9.64. The van der Waals surface area contributed by atoms with Crippen molar-refractivity contribution in [3.8, 4) is 0 Å². The Bertz CT molecular complexity index is 538. The number of rotatable bonds is 2. The average molecular weight is 274 g/mol. The molecular formula is C14H18N4O2. The second-order valence-corrected chi connectivity index (χ2v) is 5.24. The number of hydrogen-bond donors (Lipinski definition) is 3. The molecule has 1 spiro atoms. The first kappa shape index (κ1) is 13.1. The van der Waals surface area contributed by atoms with Crippen LogP contribution in [0.3, 0.4) is 0 Å². The Hall–Kier alpha value is -1.92. The van der Waals surface area contributed by atoms with Gasteiger partial charge in [0.1, 0.15) is 5.54 Å². The lowest BCUT2D eigenvalue weighted by Gasteiger charge is -2.38. The highest BCUT2D eigenvalue weighted by Crippen LogP contribution is 2.33. The highest BCUT2D eigenvalue weighted by molar-refractivity contribution is 5.89. The Labute approximate surface area is 117 Å². The van der Waals surface area contributed by atoms with Crippen LogP contribution in [0.4, 0.5) is 11.4 Å². The molecule has 1 unspecified atom stereocenters. The van der Waals surface area contributed by atoms with Gasteiger partial charge >= 0.3 is 0 Å². The molecule has 2 aliphatic heterocycles. The Kier molecular flexibility index (Phi) is 3.19. The summed E-state index contributed by atoms with van der Waals surface area (Å²) in [4.78, 5) is 18.2. The lowest BCUT2D eigenvalue weighted by molar-refractivity contribution is -0.125. The third kappa shape index (κ3) is 2.07. The summed E-state index contributed by atoms with van der Waals surface area (Å²) >= 11 is 0. The average Bonchev–Trinajstić information content (AvgIpc) is 2.74. The van der Waals surface area contributed by atoms with Crippen LogP contribution in [-0.4, -0.2) is 42.7 Å². The van der Waals surface area contributed by atoms with Gasteiger partial charge in [-0.25, -0.2) is 0 Å². The fourth-order valence-corrected chi connectivity index (χ4v) is 2.99. The van der Waals surface area contributed by atoms with E-state index in [1.807, 2.05) is 24.3 Å². The number of aliphatic hydroxyl groups excluding tert-OH is 1. The number of piperidine rings is 1. The molecule has 0 saturated carbocycles. The Morgan fingerprint density at radius 3 is 2.65 bits per heavy atom. The number of nitrogens with one attached hydrogen (secondary N) is 2. The molecule has 2 heterocycles. The predicted molar refractivity (Wildman–Crippen MR) is 77.1 cm³/mol. The Morgan fingerprint density at radius 1 is 1.35 bits per heavy atom. The summed E-state index contributed by atoms with van der Waals surface area (Å²) in [6.45, 7) is 5.06. The summed E-state index contributed by atoms with van der Waals surface area (Å²) in [6.07, 6.45) is 0.374. The molecule has 0 bridgehead atoms. The monoisotopic (exact) mass is 274 g/mol. The van der Waals surface area contributed by atoms with E-state index in [-0.39, 0.29) is 5.91 Å². The molecule has 1 amide bonds. The van der Waals surface area contributed by atoms with E-state index in [2.05, 4.69) is 27.2 Å². The highest BCUT2D eigenvalue weighted by atomic mass is 16.3. The fraction of sp³-hybridized carbons (Fsp3) is 0.429. The van der Waals surface area contributed by atoms with Crippen molar-refractivity contribution in [1.29, 1.82) is 0 Å². The summed E-state index contributed by atoms with van der Waals surface area (Å²) in [5.41, 5.74) is 1.26. The van der Waals surface area contributed by atoms with E-state index in [9.17, 15) is 9.90 Å². The summed E-state index contributed by atoms with van der Waals surface area (Å²) in [5.74, 6) is -0.111. The normalized spacial score (nSPS) is 24.8. The first-order valence-corrected chi connectivity index (χ1v) is 6.72. The molecule has 20 heavy (non-hydrogen) atoms. The molecule has 6 heteroatoms. The van der Waals surface area contributed by atoms with Gasteiger partial charge in [0.15, 0.2) is 6.35 Å². The number of carbonyl (C=O) groups is 1. The minimum Gasteiger partial charge on any atom is -0.370 e. The number of hydrogen-bond acceptors (Lipinski definition) is 5. The number of amides is 1. The maximum Gasteiger partial charge on any atom is 0.243 e. The second-order valence-electron chi connectivity index (χ2n) is 5.24. The number of para-hydroxylation sites is 2. The molecule has 106 valence electrons. The lowest BCUT2D eigenvalue weighted by Crippen LogP contribution is -2.55. The molecule has 3 N–H and O–H groups in total. The van der Waals surface area contributed by atoms with Crippen molar-refractivity contribution in [2.75, 3.05) is 18.0 Å². The molecule has 0 radical (unpaired) electrons. The SMILES string of the molecule is C=Nc1ccccc1N1CCC2(CC1)NC(O)NC2=O. The van der Waals surface area contributed by atoms with Gasteiger partial charge in [-0.15, -0.1) is 0 Å². The minimum atomic E-state index is -0.934. The largest absolute Gasteiger partial charge is 0.370 e. The van der Waals surface area contributed by atoms with Crippen molar-refractivity contribution in [2.24, 2.45) is 4.99 Å². The van der Waals surface area contributed by atoms with E-state index in [1.54, 1.807) is 0 Å². The molecule has 2 aliphatic rings. The van der Waals surface area contributed by atoms with Crippen molar-refractivity contribution in [1.82, 2.24) is 10.6 Å². The summed E-state index contributed by atoms with van der Waals surface area (Å²) in [7, 11) is 0. The lowest BCUT2D eigenvalue weighted by atomic mass is 9.87. The van der Waals surface area contributed by atoms with Gasteiger partial charge in [-0.1, -0.05) is 12.1 Å². The maximum atomic E-state index is 11.9. The third-order valence-electron chi connectivity index (χ3n) is 4.13. The molecule has 2 saturated heterocycles. The van der Waals surface area contributed by atoms with E-state index in [4.69, 9.17) is 0 Å². The predicted octanol–water partition coefficient (Wildman–Crippen LogP) is 0.353. The topological polar surface area (TPSA) is 77.0 Å². The van der Waals surface area contributed by atoms with Gasteiger partial charge in [0.2, 0.25) is 5.91 Å². The molecule has 1 atom stereocenters. The van der Waals surface area contributed by atoms with Crippen molar-refractivity contribution >= 4 is 24.0 Å². The number of aliphatic imine (C=N–C) groups is 1. The van der Waals surface area contributed by atoms with Crippen LogP contribution in [0.5, 0.6) is 0 Å². The number of carbonyl (C=O) groups excluding carboxylic acids is 1. The van der Waals surface area contributed by atoms with E-state index in [0.717, 1.165) is 24.5 Å². The minimum absolute atomic E-state index is 0.111. The molecular weight excluding hydrogens is 256 g/mol. The fourth-order valence-electron chi connectivity index (χ4n) is 2.99. The van der Waals surface area contributed by atoms with Gasteiger partial charge in [0.05, 0.1) is 11.4 Å². The zero-order valence-corrected chi connectivity index (χ0v) is 11.2. The van der Waals surface area contributed by atoms with Gasteiger partial charge in [-0.3, -0.25) is 15.1 Å². The quantitative estimate of drug-likeness (QED) is 0.680. The molecule has 2 fully saturated rings. The standard InChI is InChI=1S/C14H18N4O2/c1-15-10-4-2-3-5-11(10)18-8-6-14(7-9-18)12(19)16-13(20)17-14/h2-5,13,17,20H,1,6-9H2,(H,16,19). The summed E-state index contributed by atoms with van der Waals surface area (Å²) in [6, 6.07) is 7.84. The zero-order valence-electron chi connectivity index (χ0n) is 11.2. The number of aliphatic hydroxyl groups is 1. The molecule has 1 aromatic rings. The molecule has 1 aromatic carbocycles. The van der Waals surface area contributed by atoms with Crippen molar-refractivity contribution < 1.29 is 9.90 Å². The Balaban J connectivity index is 1.76. The van der Waals surface area contributed by atoms with Crippen molar-refractivity contribution in [3.63, 3.8) is 0 Å². The van der Waals surface area contributed by atoms with Gasteiger partial charge in [0.25, 0.3) is 0 Å². The van der Waals surface area contributed by atoms with E-state index in [1.165, 1.54) is 0 Å². The number of nitrogens with zero attached hydrogens (tertiary/aromatic N) is 2. The molecule has 6 nitrogen and oxygen atoms in total. The van der Waals surface area contributed by atoms with E-state index < -0.39 is 11.9 Å². The van der Waals surface area contributed by atoms with Crippen LogP contribution in [0.15, 0.2) is 29.3 Å². The number of benzene rings is 1. The van der Waals surface area contributed by atoms with Crippen LogP contribution in [0, 0.1) is 0 Å². The molecule has 3 rings (SSSR count). The van der Waals surface area contributed by atoms with Gasteiger partial charge < -0.3 is 15.3 Å². The van der Waals surface area contributed by atoms with Crippen LogP contribution in [0.25, 0.3) is 0 Å². The van der Waals surface area contributed by atoms with Crippen molar-refractivity contribution in [3.05, 3.63) is 24.3 Å². The van der Waals surface area contributed by atoms with Crippen LogP contribution in [0.1, 0.15) is 12.8 Å². The molecule has 0 aliphatic carbocycles. The van der Waals surface area contributed by atoms with Crippen LogP contribution >= 0.6 is 0 Å². The van der Waals surface area contributed by atoms with Crippen LogP contribution < -0.4 is 15.5 Å². The first-order valence-electron chi connectivity index (χ1n) is 6.72. The summed E-state index contributed by atoms with van der Waals surface area (Å²) < 4.78 is 0.